The molecule has 0 bridgehead atoms. The Morgan fingerprint density at radius 2 is 2.50 bits per heavy atom. The molecule has 0 saturated heterocycles. The molecule has 0 aromatic carbocycles. The summed E-state index contributed by atoms with van der Waals surface area (Å²) in [7, 11) is 0. The van der Waals surface area contributed by atoms with Crippen LogP contribution in [0.5, 0.6) is 0 Å². The highest BCUT2D eigenvalue weighted by Gasteiger charge is 2.03. The molecule has 0 aliphatic heterocycles. The number of anilines is 1. The fourth-order valence-corrected chi connectivity index (χ4v) is 1.36. The fraction of sp³-hybridized carbons (Fsp3) is 0.286. The molecule has 54 valence electrons. The second-order valence-electron chi connectivity index (χ2n) is 2.01. The summed E-state index contributed by atoms with van der Waals surface area (Å²) in [6.45, 7) is 1.84. The van der Waals surface area contributed by atoms with Crippen LogP contribution < -0.4 is 5.73 Å². The summed E-state index contributed by atoms with van der Waals surface area (Å²) in [6.07, 6.45) is 0.552. The molecular formula is C7H9NOS. The normalized spacial score (nSPS) is 9.70. The van der Waals surface area contributed by atoms with Crippen molar-refractivity contribution in [2.24, 2.45) is 0 Å². The molecular weight excluding hydrogens is 146 g/mol. The lowest BCUT2D eigenvalue weighted by Gasteiger charge is -1.87. The molecule has 3 heteroatoms. The van der Waals surface area contributed by atoms with E-state index in [-0.39, 0.29) is 5.78 Å². The van der Waals surface area contributed by atoms with E-state index in [1.165, 1.54) is 11.3 Å². The molecule has 0 amide bonds. The van der Waals surface area contributed by atoms with Crippen molar-refractivity contribution in [1.82, 2.24) is 0 Å². The first-order chi connectivity index (χ1) is 4.74. The van der Waals surface area contributed by atoms with E-state index in [1.807, 2.05) is 6.92 Å². The van der Waals surface area contributed by atoms with Crippen LogP contribution in [0.2, 0.25) is 0 Å². The highest BCUT2D eigenvalue weighted by atomic mass is 32.1. The van der Waals surface area contributed by atoms with Crippen molar-refractivity contribution < 1.29 is 4.79 Å². The minimum Gasteiger partial charge on any atom is -0.391 e. The molecule has 1 rings (SSSR count). The van der Waals surface area contributed by atoms with E-state index in [9.17, 15) is 4.79 Å². The molecule has 2 nitrogen and oxygen atoms in total. The lowest BCUT2D eigenvalue weighted by atomic mass is 10.2. The van der Waals surface area contributed by atoms with Crippen LogP contribution in [0, 0.1) is 0 Å². The van der Waals surface area contributed by atoms with Crippen molar-refractivity contribution in [2.45, 2.75) is 13.3 Å². The average molecular weight is 155 g/mol. The van der Waals surface area contributed by atoms with Crippen LogP contribution in [0.15, 0.2) is 11.4 Å². The number of carbonyl (C=O) groups is 1. The van der Waals surface area contributed by atoms with Crippen molar-refractivity contribution in [3.8, 4) is 0 Å². The topological polar surface area (TPSA) is 43.1 Å². The van der Waals surface area contributed by atoms with E-state index in [4.69, 9.17) is 5.73 Å². The van der Waals surface area contributed by atoms with E-state index >= 15 is 0 Å². The van der Waals surface area contributed by atoms with Gasteiger partial charge >= 0.3 is 0 Å². The zero-order valence-corrected chi connectivity index (χ0v) is 6.57. The van der Waals surface area contributed by atoms with Crippen molar-refractivity contribution in [1.29, 1.82) is 0 Å². The molecule has 0 unspecified atom stereocenters. The van der Waals surface area contributed by atoms with E-state index < -0.39 is 0 Å². The quantitative estimate of drug-likeness (QED) is 0.663. The van der Waals surface area contributed by atoms with Crippen molar-refractivity contribution in [3.63, 3.8) is 0 Å². The van der Waals surface area contributed by atoms with Gasteiger partial charge in [0.25, 0.3) is 0 Å². The number of rotatable bonds is 2. The average Bonchev–Trinajstić information content (AvgIpc) is 2.34. The van der Waals surface area contributed by atoms with Gasteiger partial charge in [-0.25, -0.2) is 0 Å². The van der Waals surface area contributed by atoms with Gasteiger partial charge in [-0.2, -0.15) is 0 Å². The van der Waals surface area contributed by atoms with Crippen molar-refractivity contribution in [2.75, 3.05) is 5.73 Å². The zero-order chi connectivity index (χ0) is 7.56. The Morgan fingerprint density at radius 1 is 1.80 bits per heavy atom. The molecule has 0 aliphatic carbocycles. The maximum Gasteiger partial charge on any atom is 0.163 e. The van der Waals surface area contributed by atoms with Crippen LogP contribution in [0.1, 0.15) is 23.7 Å². The molecule has 0 radical (unpaired) electrons. The SMILES string of the molecule is CCC(=O)c1csc(N)c1. The van der Waals surface area contributed by atoms with Crippen LogP contribution in [-0.2, 0) is 0 Å². The first-order valence-electron chi connectivity index (χ1n) is 3.11. The number of thiophene rings is 1. The largest absolute Gasteiger partial charge is 0.391 e. The van der Waals surface area contributed by atoms with Gasteiger partial charge in [0.15, 0.2) is 5.78 Å². The first-order valence-corrected chi connectivity index (χ1v) is 3.99. The zero-order valence-electron chi connectivity index (χ0n) is 5.76. The third kappa shape index (κ3) is 1.36. The highest BCUT2D eigenvalue weighted by molar-refractivity contribution is 7.14. The fourth-order valence-electron chi connectivity index (χ4n) is 0.703. The maximum atomic E-state index is 11.0. The third-order valence-electron chi connectivity index (χ3n) is 1.26. The first kappa shape index (κ1) is 7.28. The maximum absolute atomic E-state index is 11.0. The third-order valence-corrected chi connectivity index (χ3v) is 2.02. The molecule has 1 heterocycles. The van der Waals surface area contributed by atoms with Gasteiger partial charge in [-0.15, -0.1) is 11.3 Å². The van der Waals surface area contributed by atoms with Gasteiger partial charge < -0.3 is 5.73 Å². The monoisotopic (exact) mass is 155 g/mol. The molecule has 1 aromatic heterocycles. The van der Waals surface area contributed by atoms with E-state index in [1.54, 1.807) is 11.4 Å². The van der Waals surface area contributed by atoms with Gasteiger partial charge in [-0.3, -0.25) is 4.79 Å². The summed E-state index contributed by atoms with van der Waals surface area (Å²) in [5, 5.41) is 2.50. The van der Waals surface area contributed by atoms with Crippen LogP contribution in [-0.4, -0.2) is 5.78 Å². The number of carbonyl (C=O) groups excluding carboxylic acids is 1. The predicted octanol–water partition coefficient (Wildman–Crippen LogP) is 1.92. The Bertz CT molecular complexity index is 242. The molecule has 0 saturated carbocycles. The smallest absolute Gasteiger partial charge is 0.163 e. The lowest BCUT2D eigenvalue weighted by molar-refractivity contribution is 0.0988. The summed E-state index contributed by atoms with van der Waals surface area (Å²) in [5.41, 5.74) is 6.18. The number of hydrogen-bond donors (Lipinski definition) is 1. The second kappa shape index (κ2) is 2.84. The van der Waals surface area contributed by atoms with Crippen LogP contribution >= 0.6 is 11.3 Å². The molecule has 0 atom stereocenters. The van der Waals surface area contributed by atoms with Gasteiger partial charge in [-0.1, -0.05) is 6.92 Å². The van der Waals surface area contributed by atoms with Crippen LogP contribution in [0.25, 0.3) is 0 Å². The van der Waals surface area contributed by atoms with Gasteiger partial charge in [0.05, 0.1) is 5.00 Å². The number of nitrogen functional groups attached to an aromatic ring is 1. The molecule has 1 aromatic rings. The van der Waals surface area contributed by atoms with Crippen LogP contribution in [0.4, 0.5) is 5.00 Å². The Balaban J connectivity index is 2.85. The Kier molecular flexibility index (Phi) is 2.06. The Hall–Kier alpha value is -0.830. The summed E-state index contributed by atoms with van der Waals surface area (Å²) in [4.78, 5) is 11.0. The van der Waals surface area contributed by atoms with Crippen molar-refractivity contribution in [3.05, 3.63) is 17.0 Å². The van der Waals surface area contributed by atoms with Gasteiger partial charge in [-0.05, 0) is 6.07 Å². The number of Topliss-reactive ketones (excluding diaryl/α,β-unsaturated/α-hetero) is 1. The van der Waals surface area contributed by atoms with E-state index in [0.717, 1.165) is 5.56 Å². The predicted molar refractivity (Wildman–Crippen MR) is 43.4 cm³/mol. The summed E-state index contributed by atoms with van der Waals surface area (Å²) in [6, 6.07) is 1.72. The van der Waals surface area contributed by atoms with E-state index in [0.29, 0.717) is 11.4 Å². The standard InChI is InChI=1S/C7H9NOS/c1-2-6(9)5-3-7(8)10-4-5/h3-4H,2,8H2,1H3. The number of hydrogen-bond acceptors (Lipinski definition) is 3. The minimum absolute atomic E-state index is 0.160. The minimum atomic E-state index is 0.160. The lowest BCUT2D eigenvalue weighted by Crippen LogP contribution is -1.92. The summed E-state index contributed by atoms with van der Waals surface area (Å²) in [5.74, 6) is 0.160. The Labute approximate surface area is 63.7 Å². The number of nitrogens with two attached hydrogens (primary N) is 1. The number of ketones is 1. The van der Waals surface area contributed by atoms with Crippen LogP contribution in [0.3, 0.4) is 0 Å². The molecule has 10 heavy (non-hydrogen) atoms. The highest BCUT2D eigenvalue weighted by Crippen LogP contribution is 2.17. The van der Waals surface area contributed by atoms with Gasteiger partial charge in [0, 0.05) is 17.4 Å². The summed E-state index contributed by atoms with van der Waals surface area (Å²) < 4.78 is 0. The molecule has 0 spiro atoms. The van der Waals surface area contributed by atoms with Gasteiger partial charge in [0.2, 0.25) is 0 Å². The van der Waals surface area contributed by atoms with Gasteiger partial charge in [0.1, 0.15) is 0 Å². The molecule has 0 aliphatic rings. The Morgan fingerprint density at radius 3 is 2.90 bits per heavy atom. The molecule has 0 fully saturated rings. The van der Waals surface area contributed by atoms with Crippen molar-refractivity contribution >= 4 is 22.1 Å². The summed E-state index contributed by atoms with van der Waals surface area (Å²) >= 11 is 1.41. The van der Waals surface area contributed by atoms with E-state index in [2.05, 4.69) is 0 Å². The molecule has 2 N–H and O–H groups in total. The second-order valence-corrected chi connectivity index (χ2v) is 2.96.